The van der Waals surface area contributed by atoms with Crippen LogP contribution in [0.1, 0.15) is 35.5 Å². The van der Waals surface area contributed by atoms with Gasteiger partial charge >= 0.3 is 0 Å². The van der Waals surface area contributed by atoms with E-state index < -0.39 is 0 Å². The summed E-state index contributed by atoms with van der Waals surface area (Å²) in [5.41, 5.74) is 4.31. The van der Waals surface area contributed by atoms with Crippen LogP contribution in [0.4, 0.5) is 11.5 Å². The van der Waals surface area contributed by atoms with E-state index in [1.54, 1.807) is 12.4 Å². The third-order valence-corrected chi connectivity index (χ3v) is 5.43. The Morgan fingerprint density at radius 2 is 1.74 bits per heavy atom. The molecule has 1 aromatic carbocycles. The zero-order chi connectivity index (χ0) is 19.4. The number of hydrogen-bond acceptors (Lipinski definition) is 5. The maximum absolute atomic E-state index is 12.8. The molecule has 3 rings (SSSR count). The monoisotopic (exact) mass is 367 g/mol. The number of aryl methyl sites for hydroxylation is 1. The highest BCUT2D eigenvalue weighted by Gasteiger charge is 2.24. The van der Waals surface area contributed by atoms with Crippen molar-refractivity contribution in [2.45, 2.75) is 27.7 Å². The SMILES string of the molecule is CCN(CC)c1cnc(C(=O)N2CCN(c3cccc(C)c3C)CC2)cn1. The van der Waals surface area contributed by atoms with Gasteiger partial charge in [-0.05, 0) is 44.9 Å². The lowest BCUT2D eigenvalue weighted by molar-refractivity contribution is 0.0740. The zero-order valence-electron chi connectivity index (χ0n) is 16.8. The smallest absolute Gasteiger partial charge is 0.274 e. The summed E-state index contributed by atoms with van der Waals surface area (Å²) in [4.78, 5) is 27.9. The van der Waals surface area contributed by atoms with E-state index in [1.165, 1.54) is 16.8 Å². The first-order valence-electron chi connectivity index (χ1n) is 9.72. The van der Waals surface area contributed by atoms with Crippen LogP contribution in [-0.2, 0) is 0 Å². The highest BCUT2D eigenvalue weighted by atomic mass is 16.2. The van der Waals surface area contributed by atoms with Crippen molar-refractivity contribution in [3.8, 4) is 0 Å². The summed E-state index contributed by atoms with van der Waals surface area (Å²) in [6, 6.07) is 6.40. The van der Waals surface area contributed by atoms with E-state index in [0.29, 0.717) is 18.8 Å². The minimum atomic E-state index is -0.0331. The molecule has 6 heteroatoms. The van der Waals surface area contributed by atoms with Gasteiger partial charge in [-0.3, -0.25) is 4.79 Å². The molecule has 0 spiro atoms. The summed E-state index contributed by atoms with van der Waals surface area (Å²) in [6.07, 6.45) is 3.31. The van der Waals surface area contributed by atoms with E-state index in [1.807, 2.05) is 4.90 Å². The lowest BCUT2D eigenvalue weighted by atomic mass is 10.1. The Morgan fingerprint density at radius 3 is 2.33 bits per heavy atom. The molecule has 1 fully saturated rings. The summed E-state index contributed by atoms with van der Waals surface area (Å²) in [6.45, 7) is 13.3. The van der Waals surface area contributed by atoms with Crippen LogP contribution in [0.15, 0.2) is 30.6 Å². The molecule has 1 amide bonds. The molecule has 144 valence electrons. The van der Waals surface area contributed by atoms with Gasteiger partial charge in [0, 0.05) is 45.0 Å². The Bertz CT molecular complexity index is 778. The van der Waals surface area contributed by atoms with E-state index in [9.17, 15) is 4.79 Å². The van der Waals surface area contributed by atoms with Crippen LogP contribution in [0.25, 0.3) is 0 Å². The fourth-order valence-electron chi connectivity index (χ4n) is 3.53. The lowest BCUT2D eigenvalue weighted by Gasteiger charge is -2.36. The molecule has 0 unspecified atom stereocenters. The molecule has 0 aliphatic carbocycles. The number of hydrogen-bond donors (Lipinski definition) is 0. The number of piperazine rings is 1. The van der Waals surface area contributed by atoms with Crippen LogP contribution >= 0.6 is 0 Å². The second-order valence-corrected chi connectivity index (χ2v) is 6.93. The van der Waals surface area contributed by atoms with Crippen LogP contribution in [0, 0.1) is 13.8 Å². The lowest BCUT2D eigenvalue weighted by Crippen LogP contribution is -2.49. The third kappa shape index (κ3) is 4.04. The topological polar surface area (TPSA) is 52.6 Å². The number of nitrogens with zero attached hydrogens (tertiary/aromatic N) is 5. The standard InChI is InChI=1S/C21H29N5O/c1-5-24(6-2)20-15-22-18(14-23-20)21(27)26-12-10-25(11-13-26)19-9-7-8-16(3)17(19)4/h7-9,14-15H,5-6,10-13H2,1-4H3. The fraction of sp³-hybridized carbons (Fsp3) is 0.476. The van der Waals surface area contributed by atoms with Gasteiger partial charge in [-0.1, -0.05) is 12.1 Å². The molecule has 0 bridgehead atoms. The third-order valence-electron chi connectivity index (χ3n) is 5.43. The van der Waals surface area contributed by atoms with Crippen molar-refractivity contribution >= 4 is 17.4 Å². The Kier molecular flexibility index (Phi) is 5.94. The minimum absolute atomic E-state index is 0.0331. The first kappa shape index (κ1) is 19.1. The van der Waals surface area contributed by atoms with Gasteiger partial charge in [-0.25, -0.2) is 9.97 Å². The van der Waals surface area contributed by atoms with E-state index >= 15 is 0 Å². The molecular formula is C21H29N5O. The number of aromatic nitrogens is 2. The van der Waals surface area contributed by atoms with Crippen molar-refractivity contribution in [2.75, 3.05) is 49.1 Å². The highest BCUT2D eigenvalue weighted by molar-refractivity contribution is 5.92. The maximum Gasteiger partial charge on any atom is 0.274 e. The van der Waals surface area contributed by atoms with Crippen molar-refractivity contribution in [1.82, 2.24) is 14.9 Å². The first-order chi connectivity index (χ1) is 13.0. The number of rotatable bonds is 5. The van der Waals surface area contributed by atoms with E-state index in [0.717, 1.165) is 32.0 Å². The van der Waals surface area contributed by atoms with Crippen LogP contribution in [0.2, 0.25) is 0 Å². The van der Waals surface area contributed by atoms with Crippen LogP contribution in [0.3, 0.4) is 0 Å². The normalized spacial score (nSPS) is 14.4. The second-order valence-electron chi connectivity index (χ2n) is 6.93. The highest BCUT2D eigenvalue weighted by Crippen LogP contribution is 2.24. The van der Waals surface area contributed by atoms with E-state index in [-0.39, 0.29) is 5.91 Å². The van der Waals surface area contributed by atoms with Crippen molar-refractivity contribution in [3.63, 3.8) is 0 Å². The summed E-state index contributed by atoms with van der Waals surface area (Å²) < 4.78 is 0. The van der Waals surface area contributed by atoms with Crippen LogP contribution < -0.4 is 9.80 Å². The van der Waals surface area contributed by atoms with Crippen molar-refractivity contribution in [2.24, 2.45) is 0 Å². The first-order valence-corrected chi connectivity index (χ1v) is 9.72. The fourth-order valence-corrected chi connectivity index (χ4v) is 3.53. The molecule has 0 N–H and O–H groups in total. The molecule has 6 nitrogen and oxygen atoms in total. The van der Waals surface area contributed by atoms with Crippen molar-refractivity contribution in [3.05, 3.63) is 47.4 Å². The zero-order valence-corrected chi connectivity index (χ0v) is 16.8. The molecule has 2 aromatic rings. The number of benzene rings is 1. The molecule has 0 atom stereocenters. The number of anilines is 2. The maximum atomic E-state index is 12.8. The Balaban J connectivity index is 1.64. The Labute approximate surface area is 161 Å². The average Bonchev–Trinajstić information content (AvgIpc) is 2.71. The van der Waals surface area contributed by atoms with Gasteiger partial charge in [0.25, 0.3) is 5.91 Å². The molecular weight excluding hydrogens is 338 g/mol. The van der Waals surface area contributed by atoms with Crippen molar-refractivity contribution < 1.29 is 4.79 Å². The molecule has 1 aliphatic rings. The van der Waals surface area contributed by atoms with Crippen molar-refractivity contribution in [1.29, 1.82) is 0 Å². The van der Waals surface area contributed by atoms with Crippen LogP contribution in [0.5, 0.6) is 0 Å². The second kappa shape index (κ2) is 8.37. The molecule has 1 aliphatic heterocycles. The summed E-state index contributed by atoms with van der Waals surface area (Å²) >= 11 is 0. The van der Waals surface area contributed by atoms with E-state index in [4.69, 9.17) is 0 Å². The summed E-state index contributed by atoms with van der Waals surface area (Å²) in [5, 5.41) is 0. The molecule has 1 saturated heterocycles. The predicted molar refractivity (Wildman–Crippen MR) is 110 cm³/mol. The molecule has 0 saturated carbocycles. The molecule has 0 radical (unpaired) electrons. The van der Waals surface area contributed by atoms with Gasteiger partial charge in [0.1, 0.15) is 11.5 Å². The molecule has 2 heterocycles. The number of carbonyl (C=O) groups excluding carboxylic acids is 1. The minimum Gasteiger partial charge on any atom is -0.368 e. The quantitative estimate of drug-likeness (QED) is 0.813. The van der Waals surface area contributed by atoms with Gasteiger partial charge in [0.05, 0.1) is 12.4 Å². The van der Waals surface area contributed by atoms with E-state index in [2.05, 4.69) is 65.7 Å². The number of amides is 1. The van der Waals surface area contributed by atoms with Crippen LogP contribution in [-0.4, -0.2) is 60.0 Å². The van der Waals surface area contributed by atoms with Gasteiger partial charge in [-0.15, -0.1) is 0 Å². The van der Waals surface area contributed by atoms with Gasteiger partial charge < -0.3 is 14.7 Å². The largest absolute Gasteiger partial charge is 0.368 e. The molecule has 27 heavy (non-hydrogen) atoms. The number of carbonyl (C=O) groups is 1. The summed E-state index contributed by atoms with van der Waals surface area (Å²) in [5.74, 6) is 0.783. The van der Waals surface area contributed by atoms with Gasteiger partial charge in [0.2, 0.25) is 0 Å². The average molecular weight is 367 g/mol. The predicted octanol–water partition coefficient (Wildman–Crippen LogP) is 2.90. The Morgan fingerprint density at radius 1 is 1.04 bits per heavy atom. The van der Waals surface area contributed by atoms with Gasteiger partial charge in [0.15, 0.2) is 0 Å². The molecule has 1 aromatic heterocycles. The Hall–Kier alpha value is -2.63. The summed E-state index contributed by atoms with van der Waals surface area (Å²) in [7, 11) is 0. The van der Waals surface area contributed by atoms with Gasteiger partial charge in [-0.2, -0.15) is 0 Å².